The fraction of sp³-hybridized carbons (Fsp3) is 0.0909. The van der Waals surface area contributed by atoms with Crippen LogP contribution in [0.15, 0.2) is 24.7 Å². The molecule has 0 bridgehead atoms. The quantitative estimate of drug-likeness (QED) is 0.746. The topological polar surface area (TPSA) is 82.0 Å². The zero-order chi connectivity index (χ0) is 15.2. The molecular weight excluding hydrogens is 309 g/mol. The highest BCUT2D eigenvalue weighted by molar-refractivity contribution is 6.33. The van der Waals surface area contributed by atoms with Gasteiger partial charge in [-0.1, -0.05) is 11.6 Å². The first kappa shape index (κ1) is 13.6. The number of halogens is 4. The minimum absolute atomic E-state index is 0.0281. The van der Waals surface area contributed by atoms with Crippen LogP contribution in [0.4, 0.5) is 19.0 Å². The second kappa shape index (κ2) is 4.55. The maximum atomic E-state index is 12.9. The molecule has 6 nitrogen and oxygen atoms in total. The smallest absolute Gasteiger partial charge is 0.382 e. The molecule has 0 aliphatic carbocycles. The second-order valence-electron chi connectivity index (χ2n) is 4.08. The van der Waals surface area contributed by atoms with Crippen molar-refractivity contribution in [3.05, 3.63) is 35.2 Å². The molecule has 0 spiro atoms. The van der Waals surface area contributed by atoms with Crippen molar-refractivity contribution in [2.24, 2.45) is 0 Å². The molecule has 0 saturated heterocycles. The van der Waals surface area contributed by atoms with Gasteiger partial charge in [0.05, 0.1) is 10.6 Å². The summed E-state index contributed by atoms with van der Waals surface area (Å²) in [6, 6.07) is 0.787. The number of nitrogen functional groups attached to an aromatic ring is 1. The van der Waals surface area contributed by atoms with E-state index in [1.54, 1.807) is 0 Å². The number of fused-ring (bicyclic) bond motifs is 1. The summed E-state index contributed by atoms with van der Waals surface area (Å²) >= 11 is 5.82. The van der Waals surface area contributed by atoms with E-state index in [0.29, 0.717) is 0 Å². The minimum atomic E-state index is -4.55. The molecule has 0 radical (unpaired) electrons. The second-order valence-corrected chi connectivity index (χ2v) is 4.49. The maximum Gasteiger partial charge on any atom is 0.417 e. The van der Waals surface area contributed by atoms with E-state index in [-0.39, 0.29) is 28.0 Å². The Kier molecular flexibility index (Phi) is 2.94. The van der Waals surface area contributed by atoms with Crippen molar-refractivity contribution in [2.75, 3.05) is 5.73 Å². The molecule has 0 fully saturated rings. The van der Waals surface area contributed by atoms with E-state index >= 15 is 0 Å². The highest BCUT2D eigenvalue weighted by Gasteiger charge is 2.32. The Morgan fingerprint density at radius 2 is 1.86 bits per heavy atom. The van der Waals surface area contributed by atoms with E-state index < -0.39 is 11.7 Å². The van der Waals surface area contributed by atoms with Crippen molar-refractivity contribution in [1.29, 1.82) is 0 Å². The normalized spacial score (nSPS) is 12.0. The van der Waals surface area contributed by atoms with Crippen LogP contribution in [0.25, 0.3) is 17.2 Å². The van der Waals surface area contributed by atoms with Crippen molar-refractivity contribution >= 4 is 23.1 Å². The molecule has 0 atom stereocenters. The number of pyridine rings is 1. The third-order valence-electron chi connectivity index (χ3n) is 2.73. The van der Waals surface area contributed by atoms with Gasteiger partial charge in [0, 0.05) is 18.6 Å². The van der Waals surface area contributed by atoms with Crippen molar-refractivity contribution < 1.29 is 13.2 Å². The largest absolute Gasteiger partial charge is 0.417 e. The average Bonchev–Trinajstić information content (AvgIpc) is 2.82. The summed E-state index contributed by atoms with van der Waals surface area (Å²) in [6.45, 7) is 0. The van der Waals surface area contributed by atoms with E-state index in [1.807, 2.05) is 0 Å². The van der Waals surface area contributed by atoms with E-state index in [2.05, 4.69) is 20.2 Å². The summed E-state index contributed by atoms with van der Waals surface area (Å²) in [4.78, 5) is 7.77. The molecule has 2 N–H and O–H groups in total. The molecule has 3 aromatic rings. The lowest BCUT2D eigenvalue weighted by molar-refractivity contribution is -0.137. The number of hydrogen-bond donors (Lipinski definition) is 1. The van der Waals surface area contributed by atoms with Gasteiger partial charge >= 0.3 is 6.18 Å². The first-order valence-electron chi connectivity index (χ1n) is 5.56. The number of nitrogens with two attached hydrogens (primary N) is 1. The lowest BCUT2D eigenvalue weighted by atomic mass is 10.2. The number of rotatable bonds is 1. The Balaban J connectivity index is 2.31. The molecule has 3 aromatic heterocycles. The summed E-state index contributed by atoms with van der Waals surface area (Å²) in [7, 11) is 0. The van der Waals surface area contributed by atoms with Crippen molar-refractivity contribution in [2.45, 2.75) is 6.18 Å². The SMILES string of the molecule is Nc1nccnc1-c1nnc2c(Cl)cc(C(F)(F)F)cn12. The monoisotopic (exact) mass is 314 g/mol. The van der Waals surface area contributed by atoms with Gasteiger partial charge in [0.1, 0.15) is 0 Å². The van der Waals surface area contributed by atoms with E-state index in [4.69, 9.17) is 17.3 Å². The first-order valence-corrected chi connectivity index (χ1v) is 5.94. The van der Waals surface area contributed by atoms with Gasteiger partial charge in [-0.3, -0.25) is 4.40 Å². The highest BCUT2D eigenvalue weighted by Crippen LogP contribution is 2.33. The van der Waals surface area contributed by atoms with Gasteiger partial charge in [0.2, 0.25) is 0 Å². The lowest BCUT2D eigenvalue weighted by Crippen LogP contribution is -2.07. The summed E-state index contributed by atoms with van der Waals surface area (Å²) in [5.74, 6) is 0.0592. The molecule has 21 heavy (non-hydrogen) atoms. The number of nitrogens with zero attached hydrogens (tertiary/aromatic N) is 5. The molecule has 10 heteroatoms. The highest BCUT2D eigenvalue weighted by atomic mass is 35.5. The molecular formula is C11H6ClF3N6. The van der Waals surface area contributed by atoms with Gasteiger partial charge in [-0.05, 0) is 6.07 Å². The van der Waals surface area contributed by atoms with Crippen molar-refractivity contribution in [3.63, 3.8) is 0 Å². The van der Waals surface area contributed by atoms with Crippen LogP contribution in [0.2, 0.25) is 5.02 Å². The Bertz CT molecular complexity index is 828. The predicted molar refractivity (Wildman–Crippen MR) is 68.4 cm³/mol. The first-order chi connectivity index (χ1) is 9.88. The molecule has 3 heterocycles. The van der Waals surface area contributed by atoms with E-state index in [0.717, 1.165) is 16.7 Å². The fourth-order valence-electron chi connectivity index (χ4n) is 1.79. The fourth-order valence-corrected chi connectivity index (χ4v) is 2.04. The molecule has 0 aliphatic heterocycles. The Morgan fingerprint density at radius 1 is 1.14 bits per heavy atom. The molecule has 0 aromatic carbocycles. The number of alkyl halides is 3. The van der Waals surface area contributed by atoms with Gasteiger partial charge in [-0.25, -0.2) is 9.97 Å². The number of hydrogen-bond acceptors (Lipinski definition) is 5. The molecule has 0 amide bonds. The zero-order valence-electron chi connectivity index (χ0n) is 10.1. The van der Waals surface area contributed by atoms with Crippen LogP contribution in [0, 0.1) is 0 Å². The Hall–Kier alpha value is -2.42. The zero-order valence-corrected chi connectivity index (χ0v) is 10.9. The van der Waals surface area contributed by atoms with Gasteiger partial charge in [-0.2, -0.15) is 13.2 Å². The van der Waals surface area contributed by atoms with Gasteiger partial charge in [0.25, 0.3) is 0 Å². The van der Waals surface area contributed by atoms with Crippen LogP contribution in [0.1, 0.15) is 5.56 Å². The Morgan fingerprint density at radius 3 is 2.52 bits per heavy atom. The minimum Gasteiger partial charge on any atom is -0.382 e. The van der Waals surface area contributed by atoms with Crippen LogP contribution in [-0.4, -0.2) is 24.6 Å². The van der Waals surface area contributed by atoms with Crippen molar-refractivity contribution in [3.8, 4) is 11.5 Å². The number of aromatic nitrogens is 5. The van der Waals surface area contributed by atoms with Crippen LogP contribution in [0.3, 0.4) is 0 Å². The molecule has 0 aliphatic rings. The van der Waals surface area contributed by atoms with Crippen LogP contribution in [-0.2, 0) is 6.18 Å². The molecule has 3 rings (SSSR count). The van der Waals surface area contributed by atoms with E-state index in [1.165, 1.54) is 12.4 Å². The third-order valence-corrected chi connectivity index (χ3v) is 3.00. The molecule has 108 valence electrons. The third kappa shape index (κ3) is 2.25. The number of anilines is 1. The maximum absolute atomic E-state index is 12.9. The van der Waals surface area contributed by atoms with Gasteiger partial charge in [0.15, 0.2) is 23.0 Å². The average molecular weight is 315 g/mol. The van der Waals surface area contributed by atoms with Crippen LogP contribution < -0.4 is 5.73 Å². The summed E-state index contributed by atoms with van der Waals surface area (Å²) < 4.78 is 39.6. The summed E-state index contributed by atoms with van der Waals surface area (Å²) in [5.41, 5.74) is 4.93. The standard InChI is InChI=1S/C11H6ClF3N6/c12-6-3-5(11(13,14)15)4-21-9(6)19-20-10(21)7-8(16)18-2-1-17-7/h1-4H,(H2,16,18). The summed E-state index contributed by atoms with van der Waals surface area (Å²) in [6.07, 6.45) is -1.00. The Labute approximate surface area is 120 Å². The predicted octanol–water partition coefficient (Wildman–Crippen LogP) is 2.44. The van der Waals surface area contributed by atoms with Crippen LogP contribution >= 0.6 is 11.6 Å². The molecule has 0 unspecified atom stereocenters. The lowest BCUT2D eigenvalue weighted by Gasteiger charge is -2.09. The van der Waals surface area contributed by atoms with Crippen LogP contribution in [0.5, 0.6) is 0 Å². The van der Waals surface area contributed by atoms with Gasteiger partial charge < -0.3 is 5.73 Å². The van der Waals surface area contributed by atoms with Crippen molar-refractivity contribution in [1.82, 2.24) is 24.6 Å². The van der Waals surface area contributed by atoms with E-state index in [9.17, 15) is 13.2 Å². The summed E-state index contributed by atoms with van der Waals surface area (Å²) in [5, 5.41) is 7.36. The van der Waals surface area contributed by atoms with Gasteiger partial charge in [-0.15, -0.1) is 10.2 Å². The molecule has 0 saturated carbocycles.